The lowest BCUT2D eigenvalue weighted by molar-refractivity contribution is 0.0949. The Morgan fingerprint density at radius 3 is 2.95 bits per heavy atom. The van der Waals surface area contributed by atoms with Gasteiger partial charge < -0.3 is 5.32 Å². The van der Waals surface area contributed by atoms with E-state index in [1.165, 1.54) is 12.1 Å². The molecule has 0 saturated carbocycles. The van der Waals surface area contributed by atoms with E-state index in [9.17, 15) is 9.18 Å². The predicted octanol–water partition coefficient (Wildman–Crippen LogP) is 2.87. The van der Waals surface area contributed by atoms with Crippen molar-refractivity contribution < 1.29 is 9.18 Å². The van der Waals surface area contributed by atoms with E-state index >= 15 is 0 Å². The normalized spacial score (nSPS) is 10.6. The number of halogens is 2. The summed E-state index contributed by atoms with van der Waals surface area (Å²) in [6, 6.07) is 4.01. The highest BCUT2D eigenvalue weighted by atomic mass is 35.5. The van der Waals surface area contributed by atoms with Crippen LogP contribution in [0.4, 0.5) is 4.39 Å². The second-order valence-corrected chi connectivity index (χ2v) is 4.94. The molecule has 106 valence electrons. The lowest BCUT2D eigenvalue weighted by Crippen LogP contribution is -2.25. The predicted molar refractivity (Wildman–Crippen MR) is 75.4 cm³/mol. The third-order valence-corrected chi connectivity index (χ3v) is 3.25. The molecule has 1 heterocycles. The van der Waals surface area contributed by atoms with E-state index in [-0.39, 0.29) is 10.6 Å². The molecule has 0 aliphatic heterocycles. The van der Waals surface area contributed by atoms with Crippen LogP contribution in [-0.2, 0) is 6.42 Å². The Kier molecular flexibility index (Phi) is 4.74. The summed E-state index contributed by atoms with van der Waals surface area (Å²) in [4.78, 5) is 11.8. The molecule has 2 N–H and O–H groups in total. The van der Waals surface area contributed by atoms with Crippen LogP contribution in [0.25, 0.3) is 0 Å². The number of carbonyl (C=O) groups excluding carboxylic acids is 1. The van der Waals surface area contributed by atoms with Gasteiger partial charge in [-0.15, -0.1) is 0 Å². The molecule has 1 aromatic heterocycles. The summed E-state index contributed by atoms with van der Waals surface area (Å²) in [7, 11) is 0. The van der Waals surface area contributed by atoms with Crippen LogP contribution in [0.2, 0.25) is 5.02 Å². The molecule has 2 rings (SSSR count). The number of aromatic amines is 1. The summed E-state index contributed by atoms with van der Waals surface area (Å²) in [6.45, 7) is 2.43. The molecule has 0 spiro atoms. The molecule has 0 fully saturated rings. The van der Waals surface area contributed by atoms with Gasteiger partial charge in [0.2, 0.25) is 0 Å². The Bertz CT molecular complexity index is 612. The van der Waals surface area contributed by atoms with Gasteiger partial charge in [-0.05, 0) is 43.5 Å². The first kappa shape index (κ1) is 14.5. The number of aryl methyl sites for hydroxylation is 2. The van der Waals surface area contributed by atoms with Gasteiger partial charge in [-0.25, -0.2) is 4.39 Å². The van der Waals surface area contributed by atoms with Crippen LogP contribution < -0.4 is 5.32 Å². The van der Waals surface area contributed by atoms with Crippen LogP contribution in [0.5, 0.6) is 0 Å². The summed E-state index contributed by atoms with van der Waals surface area (Å²) >= 11 is 5.64. The smallest absolute Gasteiger partial charge is 0.254 e. The zero-order valence-electron chi connectivity index (χ0n) is 11.0. The van der Waals surface area contributed by atoms with Gasteiger partial charge in [-0.3, -0.25) is 9.89 Å². The maximum Gasteiger partial charge on any atom is 0.254 e. The summed E-state index contributed by atoms with van der Waals surface area (Å²) < 4.78 is 13.5. The minimum Gasteiger partial charge on any atom is -0.352 e. The van der Waals surface area contributed by atoms with Gasteiger partial charge in [0.25, 0.3) is 5.91 Å². The zero-order valence-corrected chi connectivity index (χ0v) is 11.8. The first-order valence-electron chi connectivity index (χ1n) is 6.30. The van der Waals surface area contributed by atoms with E-state index in [1.54, 1.807) is 6.20 Å². The molecule has 0 radical (unpaired) electrons. The number of carbonyl (C=O) groups is 1. The van der Waals surface area contributed by atoms with Crippen molar-refractivity contribution in [2.24, 2.45) is 0 Å². The van der Waals surface area contributed by atoms with Gasteiger partial charge in [-0.1, -0.05) is 11.6 Å². The Balaban J connectivity index is 1.82. The maximum absolute atomic E-state index is 13.5. The first-order valence-corrected chi connectivity index (χ1v) is 6.68. The number of rotatable bonds is 5. The Labute approximate surface area is 121 Å². The summed E-state index contributed by atoms with van der Waals surface area (Å²) in [5, 5.41) is 9.75. The average Bonchev–Trinajstić information content (AvgIpc) is 2.80. The SMILES string of the molecule is Cc1[nH]ncc1CCCNC(=O)c1ccc(Cl)cc1F. The molecule has 20 heavy (non-hydrogen) atoms. The fourth-order valence-corrected chi connectivity index (χ4v) is 2.04. The van der Waals surface area contributed by atoms with Crippen molar-refractivity contribution in [1.82, 2.24) is 15.5 Å². The Morgan fingerprint density at radius 1 is 1.50 bits per heavy atom. The van der Waals surface area contributed by atoms with Crippen LogP contribution in [0.3, 0.4) is 0 Å². The van der Waals surface area contributed by atoms with Gasteiger partial charge in [0, 0.05) is 17.3 Å². The van der Waals surface area contributed by atoms with Crippen molar-refractivity contribution in [3.8, 4) is 0 Å². The molecule has 0 atom stereocenters. The number of benzene rings is 1. The molecule has 2 aromatic rings. The van der Waals surface area contributed by atoms with Gasteiger partial charge >= 0.3 is 0 Å². The van der Waals surface area contributed by atoms with Gasteiger partial charge in [0.05, 0.1) is 11.8 Å². The third-order valence-electron chi connectivity index (χ3n) is 3.02. The van der Waals surface area contributed by atoms with E-state index in [2.05, 4.69) is 15.5 Å². The number of nitrogens with one attached hydrogen (secondary N) is 2. The second-order valence-electron chi connectivity index (χ2n) is 4.50. The van der Waals surface area contributed by atoms with Crippen LogP contribution in [0, 0.1) is 12.7 Å². The highest BCUT2D eigenvalue weighted by Gasteiger charge is 2.11. The number of hydrogen-bond acceptors (Lipinski definition) is 2. The lowest BCUT2D eigenvalue weighted by Gasteiger charge is -2.06. The largest absolute Gasteiger partial charge is 0.352 e. The highest BCUT2D eigenvalue weighted by molar-refractivity contribution is 6.30. The molecule has 6 heteroatoms. The molecule has 0 unspecified atom stereocenters. The van der Waals surface area contributed by atoms with E-state index in [0.717, 1.165) is 30.2 Å². The quantitative estimate of drug-likeness (QED) is 0.833. The fraction of sp³-hybridized carbons (Fsp3) is 0.286. The Morgan fingerprint density at radius 2 is 2.30 bits per heavy atom. The zero-order chi connectivity index (χ0) is 14.5. The number of nitrogens with zero attached hydrogens (tertiary/aromatic N) is 1. The summed E-state index contributed by atoms with van der Waals surface area (Å²) in [5.41, 5.74) is 2.16. The third kappa shape index (κ3) is 3.57. The fourth-order valence-electron chi connectivity index (χ4n) is 1.88. The molecule has 0 aliphatic carbocycles. The van der Waals surface area contributed by atoms with Gasteiger partial charge in [0.15, 0.2) is 0 Å². The molecule has 0 saturated heterocycles. The van der Waals surface area contributed by atoms with E-state index in [0.29, 0.717) is 6.54 Å². The molecular formula is C14H15ClFN3O. The molecular weight excluding hydrogens is 281 g/mol. The van der Waals surface area contributed by atoms with Crippen molar-refractivity contribution in [2.45, 2.75) is 19.8 Å². The average molecular weight is 296 g/mol. The van der Waals surface area contributed by atoms with Gasteiger partial charge in [-0.2, -0.15) is 5.10 Å². The number of hydrogen-bond donors (Lipinski definition) is 2. The number of H-pyrrole nitrogens is 1. The van der Waals surface area contributed by atoms with E-state index in [4.69, 9.17) is 11.6 Å². The van der Waals surface area contributed by atoms with E-state index in [1.807, 2.05) is 6.92 Å². The minimum absolute atomic E-state index is 0.00823. The first-order chi connectivity index (χ1) is 9.58. The van der Waals surface area contributed by atoms with E-state index < -0.39 is 11.7 Å². The molecule has 0 aliphatic rings. The standard InChI is InChI=1S/C14H15ClFN3O/c1-9-10(8-18-19-9)3-2-6-17-14(20)12-5-4-11(15)7-13(12)16/h4-5,7-8H,2-3,6H2,1H3,(H,17,20)(H,18,19). The van der Waals surface area contributed by atoms with Gasteiger partial charge in [0.1, 0.15) is 5.82 Å². The van der Waals surface area contributed by atoms with Crippen LogP contribution >= 0.6 is 11.6 Å². The lowest BCUT2D eigenvalue weighted by atomic mass is 10.1. The number of aromatic nitrogens is 2. The highest BCUT2D eigenvalue weighted by Crippen LogP contribution is 2.14. The van der Waals surface area contributed by atoms with Crippen molar-refractivity contribution in [2.75, 3.05) is 6.54 Å². The van der Waals surface area contributed by atoms with Crippen LogP contribution in [-0.4, -0.2) is 22.6 Å². The summed E-state index contributed by atoms with van der Waals surface area (Å²) in [6.07, 6.45) is 3.35. The van der Waals surface area contributed by atoms with Crippen molar-refractivity contribution in [3.05, 3.63) is 52.1 Å². The maximum atomic E-state index is 13.5. The number of amides is 1. The van der Waals surface area contributed by atoms with Crippen LogP contribution in [0.15, 0.2) is 24.4 Å². The monoisotopic (exact) mass is 295 g/mol. The van der Waals surface area contributed by atoms with Crippen molar-refractivity contribution in [3.63, 3.8) is 0 Å². The molecule has 4 nitrogen and oxygen atoms in total. The second kappa shape index (κ2) is 6.52. The minimum atomic E-state index is -0.610. The van der Waals surface area contributed by atoms with Crippen molar-refractivity contribution >= 4 is 17.5 Å². The Hall–Kier alpha value is -1.88. The molecule has 1 aromatic carbocycles. The molecule has 0 bridgehead atoms. The van der Waals surface area contributed by atoms with Crippen molar-refractivity contribution in [1.29, 1.82) is 0 Å². The topological polar surface area (TPSA) is 57.8 Å². The molecule has 1 amide bonds. The van der Waals surface area contributed by atoms with Crippen LogP contribution in [0.1, 0.15) is 28.0 Å². The summed E-state index contributed by atoms with van der Waals surface area (Å²) in [5.74, 6) is -1.04.